The standard InChI is InChI=1S/C12H4Cl3N3O2/c13-7-1-2-8(14)12(15)11(7)6-3-10(18(19)20)9(4-16)17-5-6/h1-3,5H. The predicted octanol–water partition coefficient (Wildman–Crippen LogP) is 4.49. The number of halogens is 3. The molecule has 1 heterocycles. The molecule has 0 amide bonds. The maximum atomic E-state index is 10.9. The van der Waals surface area contributed by atoms with Gasteiger partial charge in [-0.3, -0.25) is 10.1 Å². The molecule has 0 bridgehead atoms. The van der Waals surface area contributed by atoms with E-state index in [1.807, 2.05) is 0 Å². The molecule has 0 radical (unpaired) electrons. The van der Waals surface area contributed by atoms with E-state index in [9.17, 15) is 10.1 Å². The first-order valence-electron chi connectivity index (χ1n) is 5.14. The third-order valence-electron chi connectivity index (χ3n) is 2.50. The summed E-state index contributed by atoms with van der Waals surface area (Å²) in [6.07, 6.45) is 1.29. The highest BCUT2D eigenvalue weighted by molar-refractivity contribution is 6.46. The van der Waals surface area contributed by atoms with Crippen LogP contribution in [0.15, 0.2) is 24.4 Å². The van der Waals surface area contributed by atoms with Crippen LogP contribution in [-0.4, -0.2) is 9.91 Å². The summed E-state index contributed by atoms with van der Waals surface area (Å²) >= 11 is 18.0. The number of aromatic nitrogens is 1. The van der Waals surface area contributed by atoms with Gasteiger partial charge in [0.1, 0.15) is 6.07 Å². The van der Waals surface area contributed by atoms with Crippen LogP contribution >= 0.6 is 34.8 Å². The summed E-state index contributed by atoms with van der Waals surface area (Å²) in [5.41, 5.74) is -0.0562. The Labute approximate surface area is 128 Å². The first kappa shape index (κ1) is 14.5. The van der Waals surface area contributed by atoms with E-state index in [1.54, 1.807) is 6.07 Å². The molecule has 0 atom stereocenters. The Balaban J connectivity index is 2.73. The van der Waals surface area contributed by atoms with Crippen molar-refractivity contribution in [2.75, 3.05) is 0 Å². The minimum Gasteiger partial charge on any atom is -0.258 e. The Morgan fingerprint density at radius 1 is 1.25 bits per heavy atom. The Hall–Kier alpha value is -1.87. The smallest absolute Gasteiger partial charge is 0.258 e. The molecule has 8 heteroatoms. The van der Waals surface area contributed by atoms with Crippen molar-refractivity contribution in [1.29, 1.82) is 5.26 Å². The molecule has 1 aromatic carbocycles. The van der Waals surface area contributed by atoms with Crippen LogP contribution in [0.2, 0.25) is 15.1 Å². The van der Waals surface area contributed by atoms with Crippen LogP contribution in [0.3, 0.4) is 0 Å². The summed E-state index contributed by atoms with van der Waals surface area (Å²) in [5.74, 6) is 0. The maximum Gasteiger partial charge on any atom is 0.306 e. The van der Waals surface area contributed by atoms with Gasteiger partial charge in [-0.25, -0.2) is 4.98 Å². The molecule has 20 heavy (non-hydrogen) atoms. The van der Waals surface area contributed by atoms with Gasteiger partial charge >= 0.3 is 5.69 Å². The number of nitriles is 1. The molecule has 0 spiro atoms. The van der Waals surface area contributed by atoms with Crippen molar-refractivity contribution < 1.29 is 4.92 Å². The quantitative estimate of drug-likeness (QED) is 0.462. The average molecular weight is 329 g/mol. The van der Waals surface area contributed by atoms with E-state index in [4.69, 9.17) is 40.1 Å². The minimum absolute atomic E-state index is 0.167. The number of benzene rings is 1. The Morgan fingerprint density at radius 3 is 2.50 bits per heavy atom. The number of pyridine rings is 1. The van der Waals surface area contributed by atoms with E-state index in [0.717, 1.165) is 0 Å². The SMILES string of the molecule is N#Cc1ncc(-c2c(Cl)ccc(Cl)c2Cl)cc1[N+](=O)[O-]. The molecular weight excluding hydrogens is 325 g/mol. The van der Waals surface area contributed by atoms with Crippen LogP contribution in [0.25, 0.3) is 11.1 Å². The number of nitro groups is 1. The number of hydrogen-bond donors (Lipinski definition) is 0. The topological polar surface area (TPSA) is 79.8 Å². The lowest BCUT2D eigenvalue weighted by molar-refractivity contribution is -0.385. The molecule has 0 N–H and O–H groups in total. The van der Waals surface area contributed by atoms with Gasteiger partial charge in [-0.2, -0.15) is 5.26 Å². The molecule has 0 aliphatic rings. The van der Waals surface area contributed by atoms with Crippen molar-refractivity contribution in [3.63, 3.8) is 0 Å². The fraction of sp³-hybridized carbons (Fsp3) is 0. The second-order valence-corrected chi connectivity index (χ2v) is 4.87. The highest BCUT2D eigenvalue weighted by Gasteiger charge is 2.19. The molecule has 0 saturated carbocycles. The van der Waals surface area contributed by atoms with Gasteiger partial charge in [-0.05, 0) is 12.1 Å². The van der Waals surface area contributed by atoms with Gasteiger partial charge < -0.3 is 0 Å². The van der Waals surface area contributed by atoms with Crippen LogP contribution in [0.4, 0.5) is 5.69 Å². The first-order chi connectivity index (χ1) is 9.45. The third-order valence-corrected chi connectivity index (χ3v) is 3.62. The lowest BCUT2D eigenvalue weighted by Crippen LogP contribution is -1.96. The van der Waals surface area contributed by atoms with Crippen molar-refractivity contribution in [1.82, 2.24) is 4.98 Å². The van der Waals surface area contributed by atoms with E-state index in [2.05, 4.69) is 4.98 Å². The number of rotatable bonds is 2. The Bertz CT molecular complexity index is 756. The monoisotopic (exact) mass is 327 g/mol. The summed E-state index contributed by atoms with van der Waals surface area (Å²) in [6.45, 7) is 0. The zero-order chi connectivity index (χ0) is 14.9. The average Bonchev–Trinajstić information content (AvgIpc) is 2.43. The van der Waals surface area contributed by atoms with Crippen molar-refractivity contribution in [2.45, 2.75) is 0 Å². The highest BCUT2D eigenvalue weighted by atomic mass is 35.5. The maximum absolute atomic E-state index is 10.9. The normalized spacial score (nSPS) is 10.1. The summed E-state index contributed by atoms with van der Waals surface area (Å²) < 4.78 is 0. The zero-order valence-electron chi connectivity index (χ0n) is 9.60. The fourth-order valence-corrected chi connectivity index (χ4v) is 2.35. The van der Waals surface area contributed by atoms with Crippen molar-refractivity contribution in [3.05, 3.63) is 55.3 Å². The number of hydrogen-bond acceptors (Lipinski definition) is 4. The molecule has 0 aliphatic carbocycles. The fourth-order valence-electron chi connectivity index (χ4n) is 1.61. The summed E-state index contributed by atoms with van der Waals surface area (Å²) in [6, 6.07) is 5.88. The van der Waals surface area contributed by atoms with Crippen molar-refractivity contribution in [2.24, 2.45) is 0 Å². The lowest BCUT2D eigenvalue weighted by atomic mass is 10.1. The van der Waals surface area contributed by atoms with E-state index in [-0.39, 0.29) is 20.8 Å². The minimum atomic E-state index is -0.693. The van der Waals surface area contributed by atoms with Crippen LogP contribution in [0.1, 0.15) is 5.69 Å². The summed E-state index contributed by atoms with van der Waals surface area (Å²) in [4.78, 5) is 14.0. The zero-order valence-corrected chi connectivity index (χ0v) is 11.9. The van der Waals surface area contributed by atoms with Gasteiger partial charge in [-0.1, -0.05) is 34.8 Å². The van der Waals surface area contributed by atoms with Crippen LogP contribution in [0.5, 0.6) is 0 Å². The van der Waals surface area contributed by atoms with Gasteiger partial charge in [0.25, 0.3) is 0 Å². The van der Waals surface area contributed by atoms with Crippen LogP contribution < -0.4 is 0 Å². The molecule has 1 aromatic heterocycles. The van der Waals surface area contributed by atoms with Crippen LogP contribution in [-0.2, 0) is 0 Å². The molecule has 0 aliphatic heterocycles. The predicted molar refractivity (Wildman–Crippen MR) is 76.1 cm³/mol. The molecule has 100 valence electrons. The first-order valence-corrected chi connectivity index (χ1v) is 6.27. The molecule has 2 aromatic rings. The van der Waals surface area contributed by atoms with E-state index in [0.29, 0.717) is 11.1 Å². The lowest BCUT2D eigenvalue weighted by Gasteiger charge is -2.08. The molecule has 2 rings (SSSR count). The largest absolute Gasteiger partial charge is 0.306 e. The second-order valence-electron chi connectivity index (χ2n) is 3.68. The Morgan fingerprint density at radius 2 is 1.90 bits per heavy atom. The van der Waals surface area contributed by atoms with Gasteiger partial charge in [-0.15, -0.1) is 0 Å². The summed E-state index contributed by atoms with van der Waals surface area (Å²) in [7, 11) is 0. The summed E-state index contributed by atoms with van der Waals surface area (Å²) in [5, 5.41) is 20.4. The van der Waals surface area contributed by atoms with Gasteiger partial charge in [0.15, 0.2) is 0 Å². The second kappa shape index (κ2) is 5.63. The number of nitrogens with zero attached hydrogens (tertiary/aromatic N) is 3. The van der Waals surface area contributed by atoms with Crippen molar-refractivity contribution >= 4 is 40.5 Å². The van der Waals surface area contributed by atoms with Crippen molar-refractivity contribution in [3.8, 4) is 17.2 Å². The van der Waals surface area contributed by atoms with Crippen LogP contribution in [0, 0.1) is 21.4 Å². The molecule has 5 nitrogen and oxygen atoms in total. The molecule has 0 saturated heterocycles. The Kier molecular flexibility index (Phi) is 4.09. The third kappa shape index (κ3) is 2.54. The van der Waals surface area contributed by atoms with E-state index < -0.39 is 10.6 Å². The molecule has 0 fully saturated rings. The molecule has 0 unspecified atom stereocenters. The van der Waals surface area contributed by atoms with E-state index in [1.165, 1.54) is 24.4 Å². The van der Waals surface area contributed by atoms with Gasteiger partial charge in [0, 0.05) is 23.4 Å². The highest BCUT2D eigenvalue weighted by Crippen LogP contribution is 2.39. The van der Waals surface area contributed by atoms with E-state index >= 15 is 0 Å². The van der Waals surface area contributed by atoms with Gasteiger partial charge in [0.05, 0.1) is 20.0 Å². The van der Waals surface area contributed by atoms with Gasteiger partial charge in [0.2, 0.25) is 5.69 Å². The molecular formula is C12H4Cl3N3O2.